The van der Waals surface area contributed by atoms with Crippen LogP contribution in [0.4, 0.5) is 0 Å². The molecule has 1 aliphatic heterocycles. The van der Waals surface area contributed by atoms with Gasteiger partial charge in [-0.05, 0) is 22.4 Å². The van der Waals surface area contributed by atoms with E-state index in [4.69, 9.17) is 5.21 Å². The second-order valence-electron chi connectivity index (χ2n) is 4.11. The fourth-order valence-corrected chi connectivity index (χ4v) is 2.70. The lowest BCUT2D eigenvalue weighted by atomic mass is 9.97. The number of thiophene rings is 1. The van der Waals surface area contributed by atoms with Crippen molar-refractivity contribution in [2.24, 2.45) is 11.1 Å². The fourth-order valence-electron chi connectivity index (χ4n) is 2.04. The van der Waals surface area contributed by atoms with Crippen LogP contribution >= 0.6 is 11.3 Å². The molecule has 2 rings (SSSR count). The second kappa shape index (κ2) is 4.77. The summed E-state index contributed by atoms with van der Waals surface area (Å²) in [6.07, 6.45) is 0.891. The molecule has 3 nitrogen and oxygen atoms in total. The van der Waals surface area contributed by atoms with Gasteiger partial charge >= 0.3 is 0 Å². The fraction of sp³-hybridized carbons (Fsp3) is 0.545. The monoisotopic (exact) mass is 224 g/mol. The van der Waals surface area contributed by atoms with Crippen molar-refractivity contribution >= 4 is 17.0 Å². The number of nitrogens with zero attached hydrogens (tertiary/aromatic N) is 2. The van der Waals surface area contributed by atoms with Crippen LogP contribution in [-0.4, -0.2) is 28.9 Å². The van der Waals surface area contributed by atoms with Crippen LogP contribution in [0, 0.1) is 5.92 Å². The van der Waals surface area contributed by atoms with Crippen LogP contribution in [0.15, 0.2) is 22.0 Å². The van der Waals surface area contributed by atoms with Gasteiger partial charge in [-0.25, -0.2) is 0 Å². The number of hydrogen-bond donors (Lipinski definition) is 1. The Kier molecular flexibility index (Phi) is 3.38. The van der Waals surface area contributed by atoms with Crippen molar-refractivity contribution in [1.82, 2.24) is 4.90 Å². The molecule has 1 atom stereocenters. The van der Waals surface area contributed by atoms with E-state index in [2.05, 4.69) is 33.8 Å². The maximum atomic E-state index is 8.78. The van der Waals surface area contributed by atoms with Crippen molar-refractivity contribution in [1.29, 1.82) is 0 Å². The van der Waals surface area contributed by atoms with Gasteiger partial charge in [-0.3, -0.25) is 4.90 Å². The Bertz CT molecular complexity index is 334. The Morgan fingerprint density at radius 1 is 1.67 bits per heavy atom. The van der Waals surface area contributed by atoms with E-state index >= 15 is 0 Å². The first-order valence-electron chi connectivity index (χ1n) is 5.24. The lowest BCUT2D eigenvalue weighted by molar-refractivity contribution is 0.229. The quantitative estimate of drug-likeness (QED) is 0.618. The molecule has 2 heterocycles. The van der Waals surface area contributed by atoms with Crippen molar-refractivity contribution in [2.75, 3.05) is 13.1 Å². The van der Waals surface area contributed by atoms with Crippen molar-refractivity contribution in [3.05, 3.63) is 22.4 Å². The minimum Gasteiger partial charge on any atom is -0.411 e. The Hall–Kier alpha value is -0.870. The van der Waals surface area contributed by atoms with E-state index < -0.39 is 0 Å². The van der Waals surface area contributed by atoms with Crippen LogP contribution in [0.25, 0.3) is 0 Å². The highest BCUT2D eigenvalue weighted by molar-refractivity contribution is 7.07. The zero-order valence-electron chi connectivity index (χ0n) is 8.89. The first kappa shape index (κ1) is 10.6. The van der Waals surface area contributed by atoms with Crippen molar-refractivity contribution in [2.45, 2.75) is 19.9 Å². The van der Waals surface area contributed by atoms with E-state index in [0.29, 0.717) is 5.92 Å². The molecular weight excluding hydrogens is 208 g/mol. The van der Waals surface area contributed by atoms with Gasteiger partial charge in [0.25, 0.3) is 0 Å². The lowest BCUT2D eigenvalue weighted by Gasteiger charge is -2.31. The Morgan fingerprint density at radius 2 is 2.53 bits per heavy atom. The second-order valence-corrected chi connectivity index (χ2v) is 4.89. The predicted molar refractivity (Wildman–Crippen MR) is 62.6 cm³/mol. The van der Waals surface area contributed by atoms with Crippen molar-refractivity contribution in [3.8, 4) is 0 Å². The van der Waals surface area contributed by atoms with Crippen LogP contribution in [0.3, 0.4) is 0 Å². The molecular formula is C11H16N2OS. The summed E-state index contributed by atoms with van der Waals surface area (Å²) in [5.74, 6) is 0.377. The first-order valence-corrected chi connectivity index (χ1v) is 6.18. The van der Waals surface area contributed by atoms with Gasteiger partial charge in [0, 0.05) is 32.0 Å². The molecule has 0 amide bonds. The van der Waals surface area contributed by atoms with Crippen LogP contribution in [0.2, 0.25) is 0 Å². The van der Waals surface area contributed by atoms with Crippen LogP contribution in [0.5, 0.6) is 0 Å². The van der Waals surface area contributed by atoms with Gasteiger partial charge in [-0.2, -0.15) is 11.3 Å². The maximum Gasteiger partial charge on any atom is 0.0624 e. The average Bonchev–Trinajstić information content (AvgIpc) is 2.71. The number of likely N-dealkylation sites (tertiary alicyclic amines) is 1. The maximum absolute atomic E-state index is 8.78. The van der Waals surface area contributed by atoms with E-state index in [9.17, 15) is 0 Å². The first-order chi connectivity index (χ1) is 7.29. The van der Waals surface area contributed by atoms with Gasteiger partial charge in [-0.1, -0.05) is 12.1 Å². The lowest BCUT2D eigenvalue weighted by Crippen LogP contribution is -2.39. The van der Waals surface area contributed by atoms with Crippen molar-refractivity contribution in [3.63, 3.8) is 0 Å². The van der Waals surface area contributed by atoms with E-state index in [1.54, 1.807) is 11.3 Å². The normalized spacial score (nSPS) is 25.9. The molecule has 0 bridgehead atoms. The molecule has 0 saturated carbocycles. The van der Waals surface area contributed by atoms with Gasteiger partial charge in [0.05, 0.1) is 5.71 Å². The Labute approximate surface area is 94.0 Å². The third-order valence-corrected chi connectivity index (χ3v) is 3.63. The largest absolute Gasteiger partial charge is 0.411 e. The van der Waals surface area contributed by atoms with Gasteiger partial charge in [0.1, 0.15) is 0 Å². The van der Waals surface area contributed by atoms with Crippen molar-refractivity contribution < 1.29 is 5.21 Å². The summed E-state index contributed by atoms with van der Waals surface area (Å²) < 4.78 is 0. The third kappa shape index (κ3) is 2.58. The van der Waals surface area contributed by atoms with E-state index in [1.807, 2.05) is 0 Å². The highest BCUT2D eigenvalue weighted by Crippen LogP contribution is 2.17. The zero-order chi connectivity index (χ0) is 10.7. The number of rotatable bonds is 2. The van der Waals surface area contributed by atoms with E-state index in [-0.39, 0.29) is 0 Å². The van der Waals surface area contributed by atoms with Gasteiger partial charge in [-0.15, -0.1) is 0 Å². The molecule has 82 valence electrons. The number of piperidine rings is 1. The summed E-state index contributed by atoms with van der Waals surface area (Å²) in [7, 11) is 0. The summed E-state index contributed by atoms with van der Waals surface area (Å²) >= 11 is 1.74. The molecule has 4 heteroatoms. The molecule has 1 N–H and O–H groups in total. The molecule has 1 saturated heterocycles. The summed E-state index contributed by atoms with van der Waals surface area (Å²) in [6.45, 7) is 5.14. The molecule has 0 aromatic carbocycles. The summed E-state index contributed by atoms with van der Waals surface area (Å²) in [5.41, 5.74) is 2.33. The minimum atomic E-state index is 0.377. The standard InChI is InChI=1S/C11H16N2OS/c1-9-6-13(4-2-11(9)12-14)7-10-3-5-15-8-10/h3,5,8-9,14H,2,4,6-7H2,1H3/b12-11+. The molecule has 1 unspecified atom stereocenters. The third-order valence-electron chi connectivity index (χ3n) is 2.90. The molecule has 0 spiro atoms. The van der Waals surface area contributed by atoms with Gasteiger partial charge in [0.15, 0.2) is 0 Å². The molecule has 1 aliphatic rings. The smallest absolute Gasteiger partial charge is 0.0624 e. The molecule has 0 radical (unpaired) electrons. The minimum absolute atomic E-state index is 0.377. The molecule has 15 heavy (non-hydrogen) atoms. The topological polar surface area (TPSA) is 35.8 Å². The van der Waals surface area contributed by atoms with Gasteiger partial charge in [0.2, 0.25) is 0 Å². The zero-order valence-corrected chi connectivity index (χ0v) is 9.70. The molecule has 0 aliphatic carbocycles. The van der Waals surface area contributed by atoms with E-state index in [0.717, 1.165) is 31.8 Å². The molecule has 1 aromatic heterocycles. The van der Waals surface area contributed by atoms with E-state index in [1.165, 1.54) is 5.56 Å². The number of hydrogen-bond acceptors (Lipinski definition) is 4. The Morgan fingerprint density at radius 3 is 3.13 bits per heavy atom. The average molecular weight is 224 g/mol. The Balaban J connectivity index is 1.92. The highest BCUT2D eigenvalue weighted by Gasteiger charge is 2.22. The van der Waals surface area contributed by atoms with Gasteiger partial charge < -0.3 is 5.21 Å². The highest BCUT2D eigenvalue weighted by atomic mass is 32.1. The molecule has 1 fully saturated rings. The van der Waals surface area contributed by atoms with Crippen LogP contribution in [0.1, 0.15) is 18.9 Å². The number of oxime groups is 1. The summed E-state index contributed by atoms with van der Waals surface area (Å²) in [5, 5.41) is 16.4. The van der Waals surface area contributed by atoms with Crippen LogP contribution in [-0.2, 0) is 6.54 Å². The SMILES string of the molecule is CC1CN(Cc2ccsc2)CC/C1=N\O. The summed E-state index contributed by atoms with van der Waals surface area (Å²) in [4.78, 5) is 2.42. The predicted octanol–water partition coefficient (Wildman–Crippen LogP) is 2.42. The summed E-state index contributed by atoms with van der Waals surface area (Å²) in [6, 6.07) is 2.17. The van der Waals surface area contributed by atoms with Crippen LogP contribution < -0.4 is 0 Å². The molecule has 1 aromatic rings.